The van der Waals surface area contributed by atoms with E-state index >= 15 is 0 Å². The molecule has 33 heavy (non-hydrogen) atoms. The number of nitrogens with zero attached hydrogens (tertiary/aromatic N) is 2. The van der Waals surface area contributed by atoms with E-state index in [1.54, 1.807) is 23.6 Å². The molecule has 0 aliphatic rings. The van der Waals surface area contributed by atoms with Crippen molar-refractivity contribution in [2.75, 3.05) is 12.3 Å². The van der Waals surface area contributed by atoms with Crippen molar-refractivity contribution in [1.29, 1.82) is 0 Å². The van der Waals surface area contributed by atoms with Gasteiger partial charge < -0.3 is 19.8 Å². The van der Waals surface area contributed by atoms with Gasteiger partial charge in [-0.25, -0.2) is 13.8 Å². The van der Waals surface area contributed by atoms with Gasteiger partial charge in [0.2, 0.25) is 0 Å². The topological polar surface area (TPSA) is 62.3 Å². The molecule has 0 amide bonds. The fourth-order valence-corrected chi connectivity index (χ4v) is 5.04. The molecule has 0 fully saturated rings. The van der Waals surface area contributed by atoms with Crippen molar-refractivity contribution in [3.63, 3.8) is 0 Å². The molecule has 0 aliphatic heterocycles. The molecule has 1 aromatic carbocycles. The van der Waals surface area contributed by atoms with Crippen LogP contribution in [0.3, 0.4) is 0 Å². The molecule has 0 saturated heterocycles. The van der Waals surface area contributed by atoms with Gasteiger partial charge in [0.15, 0.2) is 17.4 Å². The molecule has 3 heterocycles. The predicted molar refractivity (Wildman–Crippen MR) is 133 cm³/mol. The summed E-state index contributed by atoms with van der Waals surface area (Å²) in [5, 5.41) is 2.68. The maximum atomic E-state index is 14.5. The maximum Gasteiger partial charge on any atom is 0.198 e. The van der Waals surface area contributed by atoms with Gasteiger partial charge in [-0.3, -0.25) is 0 Å². The van der Waals surface area contributed by atoms with E-state index in [9.17, 15) is 8.78 Å². The van der Waals surface area contributed by atoms with Crippen molar-refractivity contribution in [2.24, 2.45) is 0 Å². The van der Waals surface area contributed by atoms with Crippen LogP contribution in [0.5, 0.6) is 11.5 Å². The lowest BCUT2D eigenvalue weighted by Gasteiger charge is -2.15. The van der Waals surface area contributed by atoms with Crippen LogP contribution in [0.25, 0.3) is 22.2 Å². The second-order valence-electron chi connectivity index (χ2n) is 9.17. The third-order valence-corrected chi connectivity index (χ3v) is 7.88. The number of pyridine rings is 1. The molecule has 0 atom stereocenters. The van der Waals surface area contributed by atoms with Crippen molar-refractivity contribution >= 4 is 36.1 Å². The molecule has 4 rings (SSSR count). The Kier molecular flexibility index (Phi) is 6.56. The number of nitrogen functional groups attached to an aromatic ring is 1. The van der Waals surface area contributed by atoms with Crippen molar-refractivity contribution in [1.82, 2.24) is 9.55 Å². The molecule has 0 unspecified atom stereocenters. The molecular formula is C24H27F2N3O2SSi. The molecule has 5 nitrogen and oxygen atoms in total. The van der Waals surface area contributed by atoms with Crippen molar-refractivity contribution < 1.29 is 18.3 Å². The molecule has 0 aliphatic carbocycles. The normalized spacial score (nSPS) is 11.9. The zero-order valence-electron chi connectivity index (χ0n) is 19.1. The molecule has 4 aromatic rings. The van der Waals surface area contributed by atoms with Gasteiger partial charge in [-0.2, -0.15) is 0 Å². The highest BCUT2D eigenvalue weighted by Crippen LogP contribution is 2.41. The molecule has 0 radical (unpaired) electrons. The first-order valence-corrected chi connectivity index (χ1v) is 15.2. The summed E-state index contributed by atoms with van der Waals surface area (Å²) in [5.74, 6) is -1.91. The van der Waals surface area contributed by atoms with E-state index in [0.29, 0.717) is 30.1 Å². The summed E-state index contributed by atoms with van der Waals surface area (Å²) >= 11 is 1.63. The van der Waals surface area contributed by atoms with Gasteiger partial charge in [-0.1, -0.05) is 19.6 Å². The number of fused-ring (bicyclic) bond motifs is 1. The van der Waals surface area contributed by atoms with Gasteiger partial charge >= 0.3 is 0 Å². The third kappa shape index (κ3) is 5.10. The number of ether oxygens (including phenoxy) is 2. The Morgan fingerprint density at radius 1 is 1.12 bits per heavy atom. The number of aryl methyl sites for hydroxylation is 1. The number of anilines is 1. The standard InChI is InChI=1S/C24H27F2N3O2SSi/c1-15-17(6-9-32-15)18-13-29(14-30-8-10-33(2,3)4)24-22(18)21(5-7-28-24)31-23-19(25)11-16(27)12-20(23)26/h5-7,9,11-13H,8,10,14,27H2,1-4H3. The second-order valence-corrected chi connectivity index (χ2v) is 15.9. The highest BCUT2D eigenvalue weighted by molar-refractivity contribution is 7.10. The van der Waals surface area contributed by atoms with Gasteiger partial charge in [-0.05, 0) is 36.0 Å². The van der Waals surface area contributed by atoms with Gasteiger partial charge in [-0.15, -0.1) is 11.3 Å². The minimum absolute atomic E-state index is 0.00608. The van der Waals surface area contributed by atoms with Crippen LogP contribution in [-0.2, 0) is 11.5 Å². The van der Waals surface area contributed by atoms with Gasteiger partial charge in [0.05, 0.1) is 5.39 Å². The fourth-order valence-electron chi connectivity index (χ4n) is 3.57. The van der Waals surface area contributed by atoms with Crippen molar-refractivity contribution in [2.45, 2.75) is 39.3 Å². The summed E-state index contributed by atoms with van der Waals surface area (Å²) in [6, 6.07) is 6.77. The lowest BCUT2D eigenvalue weighted by molar-refractivity contribution is 0.0899. The summed E-state index contributed by atoms with van der Waals surface area (Å²) in [4.78, 5) is 5.66. The Morgan fingerprint density at radius 2 is 1.85 bits per heavy atom. The number of aromatic nitrogens is 2. The van der Waals surface area contributed by atoms with Crippen LogP contribution in [0, 0.1) is 18.6 Å². The van der Waals surface area contributed by atoms with Gasteiger partial charge in [0.1, 0.15) is 18.1 Å². The van der Waals surface area contributed by atoms with E-state index in [1.807, 2.05) is 29.1 Å². The molecule has 0 bridgehead atoms. The SMILES string of the molecule is Cc1sccc1-c1cn(COCC[Si](C)(C)C)c2nccc(Oc3c(F)cc(N)cc3F)c12. The quantitative estimate of drug-likeness (QED) is 0.164. The smallest absolute Gasteiger partial charge is 0.198 e. The monoisotopic (exact) mass is 487 g/mol. The lowest BCUT2D eigenvalue weighted by Crippen LogP contribution is -2.22. The van der Waals surface area contributed by atoms with E-state index in [-0.39, 0.29) is 5.69 Å². The Balaban J connectivity index is 1.77. The number of nitrogens with two attached hydrogens (primary N) is 1. The molecule has 0 saturated carbocycles. The first-order chi connectivity index (χ1) is 15.6. The largest absolute Gasteiger partial charge is 0.450 e. The first-order valence-electron chi connectivity index (χ1n) is 10.7. The summed E-state index contributed by atoms with van der Waals surface area (Å²) < 4.78 is 42.6. The number of thiophene rings is 1. The number of hydrogen-bond acceptors (Lipinski definition) is 5. The summed E-state index contributed by atoms with van der Waals surface area (Å²) in [5.41, 5.74) is 8.05. The molecule has 0 spiro atoms. The second kappa shape index (κ2) is 9.24. The highest BCUT2D eigenvalue weighted by Gasteiger charge is 2.21. The third-order valence-electron chi connectivity index (χ3n) is 5.33. The number of hydrogen-bond donors (Lipinski definition) is 1. The minimum atomic E-state index is -1.21. The predicted octanol–water partition coefficient (Wildman–Crippen LogP) is 7.04. The van der Waals surface area contributed by atoms with Crippen LogP contribution >= 0.6 is 11.3 Å². The Labute approximate surface area is 196 Å². The van der Waals surface area contributed by atoms with Crippen LogP contribution in [0.1, 0.15) is 4.88 Å². The Hall–Kier alpha value is -2.75. The molecule has 9 heteroatoms. The first kappa shape index (κ1) is 23.4. The van der Waals surface area contributed by atoms with Crippen molar-refractivity contribution in [3.05, 3.63) is 58.6 Å². The molecule has 2 N–H and O–H groups in total. The van der Waals surface area contributed by atoms with Gasteiger partial charge in [0, 0.05) is 55.3 Å². The summed E-state index contributed by atoms with van der Waals surface area (Å²) in [7, 11) is -1.21. The molecule has 3 aromatic heterocycles. The van der Waals surface area contributed by atoms with E-state index in [4.69, 9.17) is 15.2 Å². The molecular weight excluding hydrogens is 460 g/mol. The van der Waals surface area contributed by atoms with Gasteiger partial charge in [0.25, 0.3) is 0 Å². The van der Waals surface area contributed by atoms with Crippen LogP contribution in [0.15, 0.2) is 42.0 Å². The minimum Gasteiger partial charge on any atom is -0.450 e. The maximum absolute atomic E-state index is 14.5. The number of rotatable bonds is 8. The average Bonchev–Trinajstić information content (AvgIpc) is 3.31. The van der Waals surface area contributed by atoms with Crippen LogP contribution in [0.2, 0.25) is 25.7 Å². The van der Waals surface area contributed by atoms with Crippen molar-refractivity contribution in [3.8, 4) is 22.6 Å². The zero-order chi connectivity index (χ0) is 23.8. The van der Waals surface area contributed by atoms with E-state index < -0.39 is 25.5 Å². The van der Waals surface area contributed by atoms with E-state index in [0.717, 1.165) is 34.2 Å². The van der Waals surface area contributed by atoms with E-state index in [1.165, 1.54) is 0 Å². The van der Waals surface area contributed by atoms with Crippen LogP contribution < -0.4 is 10.5 Å². The van der Waals surface area contributed by atoms with Crippen LogP contribution in [0.4, 0.5) is 14.5 Å². The lowest BCUT2D eigenvalue weighted by atomic mass is 10.1. The number of halogens is 2. The Bertz CT molecular complexity index is 1270. The molecule has 174 valence electrons. The summed E-state index contributed by atoms with van der Waals surface area (Å²) in [6.45, 7) is 9.94. The fraction of sp³-hybridized carbons (Fsp3) is 0.292. The highest BCUT2D eigenvalue weighted by atomic mass is 32.1. The van der Waals surface area contributed by atoms with E-state index in [2.05, 4.69) is 24.6 Å². The Morgan fingerprint density at radius 3 is 2.48 bits per heavy atom. The van der Waals surface area contributed by atoms with Crippen LogP contribution in [-0.4, -0.2) is 24.2 Å². The number of benzene rings is 1. The zero-order valence-corrected chi connectivity index (χ0v) is 20.9. The summed E-state index contributed by atoms with van der Waals surface area (Å²) in [6.07, 6.45) is 3.53. The average molecular weight is 488 g/mol.